The van der Waals surface area contributed by atoms with Crippen LogP contribution >= 0.6 is 0 Å². The van der Waals surface area contributed by atoms with Gasteiger partial charge in [-0.1, -0.05) is 0 Å². The van der Waals surface area contributed by atoms with E-state index in [1.54, 1.807) is 30.3 Å². The Morgan fingerprint density at radius 3 is 2.61 bits per heavy atom. The number of urea groups is 1. The summed E-state index contributed by atoms with van der Waals surface area (Å²) < 4.78 is 30.8. The molecule has 166 valence electrons. The average molecular weight is 448 g/mol. The van der Waals surface area contributed by atoms with Gasteiger partial charge in [0, 0.05) is 30.5 Å². The molecule has 1 unspecified atom stereocenters. The van der Waals surface area contributed by atoms with Gasteiger partial charge in [0.1, 0.15) is 10.6 Å². The number of carbonyl (C=O) groups is 1. The Balaban J connectivity index is 1.58. The number of aliphatic hydroxyl groups excluding tert-OH is 1. The summed E-state index contributed by atoms with van der Waals surface area (Å²) in [5.74, 6) is 0.533. The van der Waals surface area contributed by atoms with Crippen molar-refractivity contribution in [1.82, 2.24) is 15.3 Å². The average Bonchev–Trinajstić information content (AvgIpc) is 3.39. The number of nitrogens with zero attached hydrogens (tertiary/aromatic N) is 2. The van der Waals surface area contributed by atoms with Crippen molar-refractivity contribution in [2.24, 2.45) is 0 Å². The molecule has 0 bridgehead atoms. The third-order valence-electron chi connectivity index (χ3n) is 5.59. The van der Waals surface area contributed by atoms with Gasteiger partial charge in [-0.05, 0) is 43.5 Å². The Kier molecular flexibility index (Phi) is 5.82. The van der Waals surface area contributed by atoms with Crippen LogP contribution in [0.25, 0.3) is 11.4 Å². The molecule has 0 radical (unpaired) electrons. The van der Waals surface area contributed by atoms with Crippen LogP contribution in [-0.4, -0.2) is 61.1 Å². The van der Waals surface area contributed by atoms with Gasteiger partial charge < -0.3 is 26.2 Å². The molecule has 1 saturated heterocycles. The molecule has 4 rings (SSSR count). The summed E-state index contributed by atoms with van der Waals surface area (Å²) in [5, 5.41) is 13.4. The van der Waals surface area contributed by atoms with E-state index in [1.165, 1.54) is 0 Å². The number of aliphatic hydroxyl groups is 1. The Hall–Kier alpha value is -2.76. The van der Waals surface area contributed by atoms with E-state index in [4.69, 9.17) is 15.6 Å². The predicted molar refractivity (Wildman–Crippen MR) is 115 cm³/mol. The fourth-order valence-corrected chi connectivity index (χ4v) is 6.14. The second-order valence-electron chi connectivity index (χ2n) is 7.71. The maximum Gasteiger partial charge on any atom is 0.319 e. The molecule has 1 aromatic carbocycles. The number of nitrogen functional groups attached to an aromatic ring is 1. The summed E-state index contributed by atoms with van der Waals surface area (Å²) in [6, 6.07) is 7.92. The maximum absolute atomic E-state index is 13.3. The minimum absolute atomic E-state index is 0.146. The third-order valence-corrected chi connectivity index (χ3v) is 8.54. The summed E-state index contributed by atoms with van der Waals surface area (Å²) in [6.07, 6.45) is 1.51. The molecule has 0 spiro atoms. The Bertz CT molecular complexity index is 1060. The molecule has 2 heterocycles. The number of aromatic nitrogens is 2. The first-order valence-electron chi connectivity index (χ1n) is 10.1. The Morgan fingerprint density at radius 1 is 1.26 bits per heavy atom. The molecule has 11 heteroatoms. The van der Waals surface area contributed by atoms with E-state index in [0.29, 0.717) is 48.6 Å². The highest BCUT2D eigenvalue weighted by Crippen LogP contribution is 2.54. The summed E-state index contributed by atoms with van der Waals surface area (Å²) in [6.45, 7) is 0.682. The number of anilines is 2. The van der Waals surface area contributed by atoms with E-state index in [1.807, 2.05) is 0 Å². The van der Waals surface area contributed by atoms with Crippen molar-refractivity contribution < 1.29 is 23.1 Å². The van der Waals surface area contributed by atoms with Gasteiger partial charge in [0.25, 0.3) is 0 Å². The summed E-state index contributed by atoms with van der Waals surface area (Å²) in [5.41, 5.74) is 7.62. The topological polar surface area (TPSA) is 157 Å². The zero-order valence-corrected chi connectivity index (χ0v) is 17.7. The molecule has 5 N–H and O–H groups in total. The molecular formula is C20H25N5O5S. The monoisotopic (exact) mass is 447 g/mol. The number of sulfone groups is 1. The SMILES string of the molecule is Nc1cc(C2(S(=O)(=O)C3CCOC3)CC2)nc(-c2ccc(NC(=O)NCCO)cc2)n1. The number of ether oxygens (including phenoxy) is 1. The van der Waals surface area contributed by atoms with E-state index in [9.17, 15) is 13.2 Å². The molecule has 2 aromatic rings. The van der Waals surface area contributed by atoms with Crippen LogP contribution in [0.4, 0.5) is 16.3 Å². The molecule has 1 aliphatic heterocycles. The third kappa shape index (κ3) is 4.21. The lowest BCUT2D eigenvalue weighted by atomic mass is 10.1. The van der Waals surface area contributed by atoms with Crippen molar-refractivity contribution in [3.8, 4) is 11.4 Å². The van der Waals surface area contributed by atoms with Gasteiger partial charge in [-0.2, -0.15) is 0 Å². The zero-order chi connectivity index (χ0) is 22.1. The van der Waals surface area contributed by atoms with Gasteiger partial charge in [-0.15, -0.1) is 0 Å². The van der Waals surface area contributed by atoms with Gasteiger partial charge >= 0.3 is 6.03 Å². The molecule has 2 aliphatic rings. The van der Waals surface area contributed by atoms with Crippen molar-refractivity contribution in [2.45, 2.75) is 29.3 Å². The predicted octanol–water partition coefficient (Wildman–Crippen LogP) is 1.03. The van der Waals surface area contributed by atoms with Gasteiger partial charge in [0.2, 0.25) is 0 Å². The van der Waals surface area contributed by atoms with Gasteiger partial charge in [0.15, 0.2) is 15.7 Å². The molecule has 2 fully saturated rings. The van der Waals surface area contributed by atoms with E-state index in [-0.39, 0.29) is 25.6 Å². The molecule has 10 nitrogen and oxygen atoms in total. The molecule has 2 amide bonds. The lowest BCUT2D eigenvalue weighted by Gasteiger charge is -2.20. The number of nitrogens with one attached hydrogen (secondary N) is 2. The maximum atomic E-state index is 13.3. The highest BCUT2D eigenvalue weighted by molar-refractivity contribution is 7.93. The largest absolute Gasteiger partial charge is 0.395 e. The van der Waals surface area contributed by atoms with Crippen LogP contribution in [0.3, 0.4) is 0 Å². The Morgan fingerprint density at radius 2 is 2.00 bits per heavy atom. The molecular weight excluding hydrogens is 422 g/mol. The zero-order valence-electron chi connectivity index (χ0n) is 16.9. The van der Waals surface area contributed by atoms with Crippen molar-refractivity contribution in [1.29, 1.82) is 0 Å². The first-order chi connectivity index (χ1) is 14.9. The highest BCUT2D eigenvalue weighted by atomic mass is 32.2. The van der Waals surface area contributed by atoms with Crippen molar-refractivity contribution >= 4 is 27.4 Å². The van der Waals surface area contributed by atoms with Crippen molar-refractivity contribution in [2.75, 3.05) is 37.4 Å². The number of nitrogens with two attached hydrogens (primary N) is 1. The minimum Gasteiger partial charge on any atom is -0.395 e. The standard InChI is InChI=1S/C20H25N5O5S/c21-17-11-16(20(6-7-20)31(28,29)15-5-10-30-12-15)24-18(25-17)13-1-3-14(4-2-13)23-19(27)22-8-9-26/h1-4,11,15,26H,5-10,12H2,(H2,21,24,25)(H2,22,23,27). The molecule has 31 heavy (non-hydrogen) atoms. The van der Waals surface area contributed by atoms with E-state index in [0.717, 1.165) is 0 Å². The van der Waals surface area contributed by atoms with E-state index >= 15 is 0 Å². The highest BCUT2D eigenvalue weighted by Gasteiger charge is 2.60. The summed E-state index contributed by atoms with van der Waals surface area (Å²) in [7, 11) is -3.47. The van der Waals surface area contributed by atoms with Crippen LogP contribution in [-0.2, 0) is 19.3 Å². The van der Waals surface area contributed by atoms with Crippen molar-refractivity contribution in [3.05, 3.63) is 36.0 Å². The van der Waals surface area contributed by atoms with Crippen LogP contribution < -0.4 is 16.4 Å². The van der Waals surface area contributed by atoms with Crippen LogP contribution in [0, 0.1) is 0 Å². The number of benzene rings is 1. The Labute approximate surface area is 180 Å². The molecule has 1 atom stereocenters. The fourth-order valence-electron chi connectivity index (χ4n) is 3.75. The normalized spacial score (nSPS) is 19.7. The number of hydrogen-bond donors (Lipinski definition) is 4. The van der Waals surface area contributed by atoms with Crippen LogP contribution in [0.2, 0.25) is 0 Å². The first-order valence-corrected chi connectivity index (χ1v) is 11.6. The van der Waals surface area contributed by atoms with Gasteiger partial charge in [0.05, 0.1) is 24.2 Å². The molecule has 1 aromatic heterocycles. The smallest absolute Gasteiger partial charge is 0.319 e. The second kappa shape index (κ2) is 8.40. The van der Waals surface area contributed by atoms with Crippen LogP contribution in [0.15, 0.2) is 30.3 Å². The second-order valence-corrected chi connectivity index (χ2v) is 10.2. The minimum atomic E-state index is -3.47. The lowest BCUT2D eigenvalue weighted by molar-refractivity contribution is 0.198. The fraction of sp³-hybridized carbons (Fsp3) is 0.450. The van der Waals surface area contributed by atoms with Gasteiger partial charge in [-0.3, -0.25) is 0 Å². The number of carbonyl (C=O) groups excluding carboxylic acids is 1. The molecule has 1 aliphatic carbocycles. The number of amides is 2. The summed E-state index contributed by atoms with van der Waals surface area (Å²) in [4.78, 5) is 20.5. The summed E-state index contributed by atoms with van der Waals surface area (Å²) >= 11 is 0. The molecule has 1 saturated carbocycles. The van der Waals surface area contributed by atoms with E-state index < -0.39 is 25.9 Å². The number of hydrogen-bond acceptors (Lipinski definition) is 8. The van der Waals surface area contributed by atoms with E-state index in [2.05, 4.69) is 20.6 Å². The van der Waals surface area contributed by atoms with Crippen LogP contribution in [0.5, 0.6) is 0 Å². The quantitative estimate of drug-likeness (QED) is 0.490. The van der Waals surface area contributed by atoms with Crippen LogP contribution in [0.1, 0.15) is 25.0 Å². The van der Waals surface area contributed by atoms with Gasteiger partial charge in [-0.25, -0.2) is 23.2 Å². The lowest BCUT2D eigenvalue weighted by Crippen LogP contribution is -2.33. The van der Waals surface area contributed by atoms with Crippen molar-refractivity contribution in [3.63, 3.8) is 0 Å². The first kappa shape index (κ1) is 21.5. The number of rotatable bonds is 7.